The summed E-state index contributed by atoms with van der Waals surface area (Å²) in [4.78, 5) is 13.6. The molecule has 1 aromatic rings. The van der Waals surface area contributed by atoms with Crippen molar-refractivity contribution in [1.82, 2.24) is 4.90 Å². The van der Waals surface area contributed by atoms with Crippen molar-refractivity contribution in [1.29, 1.82) is 0 Å². The van der Waals surface area contributed by atoms with Crippen molar-refractivity contribution in [3.63, 3.8) is 0 Å². The zero-order chi connectivity index (χ0) is 13.7. The molecule has 1 saturated heterocycles. The van der Waals surface area contributed by atoms with Gasteiger partial charge in [0.15, 0.2) is 0 Å². The lowest BCUT2D eigenvalue weighted by atomic mass is 10.1. The van der Waals surface area contributed by atoms with Gasteiger partial charge in [-0.3, -0.25) is 4.79 Å². The molecule has 1 heterocycles. The van der Waals surface area contributed by atoms with E-state index in [0.29, 0.717) is 0 Å². The quantitative estimate of drug-likeness (QED) is 0.815. The molecule has 0 aromatic heterocycles. The van der Waals surface area contributed by atoms with Gasteiger partial charge in [-0.1, -0.05) is 29.8 Å². The summed E-state index contributed by atoms with van der Waals surface area (Å²) < 4.78 is 5.61. The highest BCUT2D eigenvalue weighted by molar-refractivity contribution is 5.73. The molecule has 3 nitrogen and oxygen atoms in total. The highest BCUT2D eigenvalue weighted by Gasteiger charge is 2.20. The van der Waals surface area contributed by atoms with Gasteiger partial charge in [-0.2, -0.15) is 0 Å². The average Bonchev–Trinajstić information content (AvgIpc) is 2.89. The van der Waals surface area contributed by atoms with Gasteiger partial charge in [-0.25, -0.2) is 0 Å². The van der Waals surface area contributed by atoms with E-state index in [4.69, 9.17) is 4.74 Å². The third-order valence-electron chi connectivity index (χ3n) is 3.68. The van der Waals surface area contributed by atoms with Crippen molar-refractivity contribution in [2.24, 2.45) is 0 Å². The molecule has 19 heavy (non-hydrogen) atoms. The number of benzene rings is 1. The number of rotatable bonds is 5. The number of amides is 1. The highest BCUT2D eigenvalue weighted by atomic mass is 16.5. The lowest BCUT2D eigenvalue weighted by Gasteiger charge is -2.24. The molecule has 1 amide bonds. The number of carbonyl (C=O) groups is 1. The summed E-state index contributed by atoms with van der Waals surface area (Å²) in [5, 5.41) is 0. The fraction of sp³-hybridized carbons (Fsp3) is 0.562. The second-order valence-corrected chi connectivity index (χ2v) is 5.34. The topological polar surface area (TPSA) is 29.5 Å². The van der Waals surface area contributed by atoms with Crippen LogP contribution in [-0.2, 0) is 16.0 Å². The number of hydrogen-bond donors (Lipinski definition) is 0. The van der Waals surface area contributed by atoms with E-state index < -0.39 is 0 Å². The van der Waals surface area contributed by atoms with Crippen LogP contribution in [-0.4, -0.2) is 36.6 Å². The van der Waals surface area contributed by atoms with Crippen molar-refractivity contribution in [2.45, 2.75) is 39.2 Å². The van der Waals surface area contributed by atoms with E-state index in [-0.39, 0.29) is 12.0 Å². The van der Waals surface area contributed by atoms with E-state index in [0.717, 1.165) is 39.0 Å². The lowest BCUT2D eigenvalue weighted by molar-refractivity contribution is -0.130. The molecule has 0 bridgehead atoms. The third kappa shape index (κ3) is 4.35. The fourth-order valence-corrected chi connectivity index (χ4v) is 2.43. The molecule has 1 aromatic carbocycles. The van der Waals surface area contributed by atoms with Crippen LogP contribution in [0, 0.1) is 6.92 Å². The first kappa shape index (κ1) is 14.1. The van der Waals surface area contributed by atoms with Gasteiger partial charge in [-0.05, 0) is 31.7 Å². The number of nitrogens with zero attached hydrogens (tertiary/aromatic N) is 1. The van der Waals surface area contributed by atoms with E-state index in [1.165, 1.54) is 11.1 Å². The largest absolute Gasteiger partial charge is 0.376 e. The molecule has 1 unspecified atom stereocenters. The van der Waals surface area contributed by atoms with Crippen LogP contribution in [0.5, 0.6) is 0 Å². The van der Waals surface area contributed by atoms with Gasteiger partial charge >= 0.3 is 0 Å². The molecule has 1 aliphatic rings. The Labute approximate surface area is 115 Å². The Morgan fingerprint density at radius 1 is 1.37 bits per heavy atom. The van der Waals surface area contributed by atoms with Gasteiger partial charge in [0, 0.05) is 26.6 Å². The first-order valence-corrected chi connectivity index (χ1v) is 7.08. The molecule has 0 spiro atoms. The summed E-state index contributed by atoms with van der Waals surface area (Å²) in [6.07, 6.45) is 3.34. The van der Waals surface area contributed by atoms with Gasteiger partial charge < -0.3 is 9.64 Å². The zero-order valence-corrected chi connectivity index (χ0v) is 11.9. The highest BCUT2D eigenvalue weighted by Crippen LogP contribution is 2.14. The number of hydrogen-bond acceptors (Lipinski definition) is 2. The minimum Gasteiger partial charge on any atom is -0.376 e. The summed E-state index contributed by atoms with van der Waals surface area (Å²) in [5.41, 5.74) is 2.55. The van der Waals surface area contributed by atoms with Crippen LogP contribution >= 0.6 is 0 Å². The van der Waals surface area contributed by atoms with Gasteiger partial charge in [0.05, 0.1) is 6.10 Å². The summed E-state index contributed by atoms with van der Waals surface area (Å²) in [7, 11) is 0. The molecule has 1 aliphatic heterocycles. The van der Waals surface area contributed by atoms with Crippen LogP contribution in [0.1, 0.15) is 30.9 Å². The van der Waals surface area contributed by atoms with Crippen LogP contribution in [0.15, 0.2) is 24.3 Å². The van der Waals surface area contributed by atoms with E-state index in [2.05, 4.69) is 31.2 Å². The summed E-state index contributed by atoms with van der Waals surface area (Å²) >= 11 is 0. The normalized spacial score (nSPS) is 18.5. The molecule has 2 rings (SSSR count). The predicted molar refractivity (Wildman–Crippen MR) is 76.1 cm³/mol. The smallest absolute Gasteiger partial charge is 0.219 e. The minimum atomic E-state index is 0.141. The van der Waals surface area contributed by atoms with Crippen LogP contribution < -0.4 is 0 Å². The minimum absolute atomic E-state index is 0.141. The molecule has 0 N–H and O–H groups in total. The number of ether oxygens (including phenoxy) is 1. The fourth-order valence-electron chi connectivity index (χ4n) is 2.43. The van der Waals surface area contributed by atoms with E-state index in [9.17, 15) is 4.79 Å². The van der Waals surface area contributed by atoms with Crippen molar-refractivity contribution in [3.8, 4) is 0 Å². The first-order chi connectivity index (χ1) is 9.15. The van der Waals surface area contributed by atoms with Crippen LogP contribution in [0.25, 0.3) is 0 Å². The molecule has 3 heteroatoms. The Morgan fingerprint density at radius 3 is 2.68 bits per heavy atom. The molecular formula is C16H23NO2. The maximum absolute atomic E-state index is 11.7. The Kier molecular flexibility index (Phi) is 4.97. The second kappa shape index (κ2) is 6.71. The van der Waals surface area contributed by atoms with Crippen LogP contribution in [0.2, 0.25) is 0 Å². The Balaban J connectivity index is 1.85. The Bertz CT molecular complexity index is 407. The Hall–Kier alpha value is -1.35. The van der Waals surface area contributed by atoms with Gasteiger partial charge in [0.25, 0.3) is 0 Å². The average molecular weight is 261 g/mol. The van der Waals surface area contributed by atoms with Gasteiger partial charge in [-0.15, -0.1) is 0 Å². The van der Waals surface area contributed by atoms with E-state index >= 15 is 0 Å². The van der Waals surface area contributed by atoms with Crippen LogP contribution in [0.3, 0.4) is 0 Å². The third-order valence-corrected chi connectivity index (χ3v) is 3.68. The summed E-state index contributed by atoms with van der Waals surface area (Å²) in [6.45, 7) is 6.08. The van der Waals surface area contributed by atoms with Gasteiger partial charge in [0.1, 0.15) is 0 Å². The Morgan fingerprint density at radius 2 is 2.11 bits per heavy atom. The lowest BCUT2D eigenvalue weighted by Crippen LogP contribution is -2.37. The molecule has 0 saturated carbocycles. The molecule has 0 radical (unpaired) electrons. The number of aryl methyl sites for hydroxylation is 1. The van der Waals surface area contributed by atoms with Crippen molar-refractivity contribution < 1.29 is 9.53 Å². The maximum Gasteiger partial charge on any atom is 0.219 e. The van der Waals surface area contributed by atoms with Crippen LogP contribution in [0.4, 0.5) is 0 Å². The van der Waals surface area contributed by atoms with Crippen molar-refractivity contribution in [3.05, 3.63) is 35.4 Å². The van der Waals surface area contributed by atoms with Crippen molar-refractivity contribution >= 4 is 5.91 Å². The molecule has 1 atom stereocenters. The summed E-state index contributed by atoms with van der Waals surface area (Å²) in [6, 6.07) is 8.51. The van der Waals surface area contributed by atoms with Crippen molar-refractivity contribution in [2.75, 3.05) is 19.7 Å². The molecule has 1 fully saturated rings. The zero-order valence-electron chi connectivity index (χ0n) is 11.9. The molecular weight excluding hydrogens is 238 g/mol. The summed E-state index contributed by atoms with van der Waals surface area (Å²) in [5.74, 6) is 0.141. The molecule has 0 aliphatic carbocycles. The molecule has 104 valence electrons. The van der Waals surface area contributed by atoms with E-state index in [1.54, 1.807) is 6.92 Å². The predicted octanol–water partition coefficient (Wildman–Crippen LogP) is 2.57. The number of carbonyl (C=O) groups excluding carboxylic acids is 1. The first-order valence-electron chi connectivity index (χ1n) is 7.08. The monoisotopic (exact) mass is 261 g/mol. The SMILES string of the molecule is CC(=O)N(CCc1ccc(C)cc1)CC1CCCO1. The van der Waals surface area contributed by atoms with E-state index in [1.807, 2.05) is 4.90 Å². The second-order valence-electron chi connectivity index (χ2n) is 5.34. The standard InChI is InChI=1S/C16H23NO2/c1-13-5-7-15(8-6-13)9-10-17(14(2)18)12-16-4-3-11-19-16/h5-8,16H,3-4,9-12H2,1-2H3. The van der Waals surface area contributed by atoms with Gasteiger partial charge in [0.2, 0.25) is 5.91 Å². The maximum atomic E-state index is 11.7.